The molecule has 76 valence electrons. The van der Waals surface area contributed by atoms with E-state index in [0.29, 0.717) is 11.3 Å². The van der Waals surface area contributed by atoms with E-state index in [0.717, 1.165) is 5.92 Å². The van der Waals surface area contributed by atoms with Gasteiger partial charge in [-0.3, -0.25) is 0 Å². The molecule has 0 aliphatic heterocycles. The van der Waals surface area contributed by atoms with Crippen molar-refractivity contribution in [3.05, 3.63) is 35.4 Å². The van der Waals surface area contributed by atoms with Gasteiger partial charge >= 0.3 is 0 Å². The monoisotopic (exact) mass is 188 g/mol. The Morgan fingerprint density at radius 1 is 1.21 bits per heavy atom. The zero-order chi connectivity index (χ0) is 10.3. The molecule has 0 N–H and O–H groups in total. The van der Waals surface area contributed by atoms with Gasteiger partial charge in [0.15, 0.2) is 0 Å². The number of benzene rings is 1. The molecule has 0 amide bonds. The summed E-state index contributed by atoms with van der Waals surface area (Å²) in [4.78, 5) is 0. The van der Waals surface area contributed by atoms with Crippen LogP contribution in [0.5, 0.6) is 0 Å². The van der Waals surface area contributed by atoms with Crippen molar-refractivity contribution in [3.8, 4) is 0 Å². The van der Waals surface area contributed by atoms with Gasteiger partial charge in [-0.1, -0.05) is 52.0 Å². The van der Waals surface area contributed by atoms with E-state index in [1.807, 2.05) is 0 Å². The Kier molecular flexibility index (Phi) is 2.17. The van der Waals surface area contributed by atoms with Gasteiger partial charge in [0.25, 0.3) is 0 Å². The minimum atomic E-state index is 0.482. The third kappa shape index (κ3) is 1.47. The molecule has 1 saturated carbocycles. The molecule has 2 unspecified atom stereocenters. The van der Waals surface area contributed by atoms with E-state index in [1.54, 1.807) is 0 Å². The standard InChI is InChI=1S/C14H20/c1-10(2)12-5-7-13(8-6-12)14(4)9-11(14)3/h5-8,10-11H,9H2,1-4H3. The number of hydrogen-bond donors (Lipinski definition) is 0. The van der Waals surface area contributed by atoms with Crippen LogP contribution >= 0.6 is 0 Å². The van der Waals surface area contributed by atoms with Crippen molar-refractivity contribution in [2.75, 3.05) is 0 Å². The van der Waals surface area contributed by atoms with Crippen LogP contribution in [0.1, 0.15) is 51.2 Å². The largest absolute Gasteiger partial charge is 0.0616 e. The maximum atomic E-state index is 2.38. The smallest absolute Gasteiger partial charge is 0.00465 e. The van der Waals surface area contributed by atoms with Gasteiger partial charge < -0.3 is 0 Å². The quantitative estimate of drug-likeness (QED) is 0.655. The second kappa shape index (κ2) is 3.12. The van der Waals surface area contributed by atoms with Crippen LogP contribution in [0, 0.1) is 5.92 Å². The summed E-state index contributed by atoms with van der Waals surface area (Å²) < 4.78 is 0. The summed E-state index contributed by atoms with van der Waals surface area (Å²) in [5.74, 6) is 1.51. The Bertz CT molecular complexity index is 320. The molecule has 0 bridgehead atoms. The van der Waals surface area contributed by atoms with Gasteiger partial charge in [0.2, 0.25) is 0 Å². The molecule has 1 aromatic carbocycles. The predicted molar refractivity (Wildman–Crippen MR) is 61.7 cm³/mol. The third-order valence-electron chi connectivity index (χ3n) is 3.89. The van der Waals surface area contributed by atoms with Crippen LogP contribution in [0.3, 0.4) is 0 Å². The molecule has 1 aliphatic carbocycles. The fourth-order valence-corrected chi connectivity index (χ4v) is 2.23. The lowest BCUT2D eigenvalue weighted by atomic mass is 9.93. The first-order valence-electron chi connectivity index (χ1n) is 5.64. The van der Waals surface area contributed by atoms with Crippen molar-refractivity contribution in [2.24, 2.45) is 5.92 Å². The topological polar surface area (TPSA) is 0 Å². The molecular weight excluding hydrogens is 168 g/mol. The summed E-state index contributed by atoms with van der Waals surface area (Å²) >= 11 is 0. The Morgan fingerprint density at radius 3 is 2.07 bits per heavy atom. The molecule has 1 aliphatic rings. The fraction of sp³-hybridized carbons (Fsp3) is 0.571. The van der Waals surface area contributed by atoms with Gasteiger partial charge in [-0.2, -0.15) is 0 Å². The van der Waals surface area contributed by atoms with Crippen molar-refractivity contribution in [1.29, 1.82) is 0 Å². The van der Waals surface area contributed by atoms with E-state index in [2.05, 4.69) is 52.0 Å². The second-order valence-electron chi connectivity index (χ2n) is 5.30. The van der Waals surface area contributed by atoms with E-state index in [1.165, 1.54) is 17.5 Å². The molecule has 14 heavy (non-hydrogen) atoms. The zero-order valence-corrected chi connectivity index (χ0v) is 9.67. The maximum Gasteiger partial charge on any atom is -0.00465 e. The summed E-state index contributed by atoms with van der Waals surface area (Å²) in [6, 6.07) is 9.21. The highest BCUT2D eigenvalue weighted by Gasteiger charge is 2.47. The Morgan fingerprint density at radius 2 is 1.71 bits per heavy atom. The Labute approximate surface area is 87.3 Å². The van der Waals surface area contributed by atoms with Crippen molar-refractivity contribution in [2.45, 2.75) is 45.4 Å². The number of hydrogen-bond acceptors (Lipinski definition) is 0. The van der Waals surface area contributed by atoms with Gasteiger partial charge in [0.05, 0.1) is 0 Å². The van der Waals surface area contributed by atoms with Crippen LogP contribution in [0.25, 0.3) is 0 Å². The summed E-state index contributed by atoms with van der Waals surface area (Å²) in [6.45, 7) is 9.21. The normalized spacial score (nSPS) is 30.8. The highest BCUT2D eigenvalue weighted by Crippen LogP contribution is 2.53. The average Bonchev–Trinajstić information content (AvgIpc) is 2.76. The summed E-state index contributed by atoms with van der Waals surface area (Å²) in [5, 5.41) is 0. The predicted octanol–water partition coefficient (Wildman–Crippen LogP) is 4.11. The van der Waals surface area contributed by atoms with Crippen LogP contribution in [-0.4, -0.2) is 0 Å². The van der Waals surface area contributed by atoms with Crippen molar-refractivity contribution >= 4 is 0 Å². The van der Waals surface area contributed by atoms with E-state index >= 15 is 0 Å². The van der Waals surface area contributed by atoms with Crippen LogP contribution in [-0.2, 0) is 5.41 Å². The maximum absolute atomic E-state index is 2.38. The molecule has 0 spiro atoms. The molecule has 1 fully saturated rings. The summed E-state index contributed by atoms with van der Waals surface area (Å²) in [6.07, 6.45) is 1.36. The van der Waals surface area contributed by atoms with Gasteiger partial charge in [0.1, 0.15) is 0 Å². The van der Waals surface area contributed by atoms with Crippen LogP contribution in [0.2, 0.25) is 0 Å². The van der Waals surface area contributed by atoms with Crippen LogP contribution < -0.4 is 0 Å². The van der Waals surface area contributed by atoms with Gasteiger partial charge in [-0.25, -0.2) is 0 Å². The molecule has 1 aromatic rings. The first-order valence-corrected chi connectivity index (χ1v) is 5.64. The molecule has 0 heterocycles. The van der Waals surface area contributed by atoms with Crippen LogP contribution in [0.15, 0.2) is 24.3 Å². The van der Waals surface area contributed by atoms with E-state index in [4.69, 9.17) is 0 Å². The lowest BCUT2D eigenvalue weighted by Crippen LogP contribution is -2.03. The van der Waals surface area contributed by atoms with Crippen LogP contribution in [0.4, 0.5) is 0 Å². The third-order valence-corrected chi connectivity index (χ3v) is 3.89. The molecular formula is C14H20. The highest BCUT2D eigenvalue weighted by atomic mass is 14.5. The fourth-order valence-electron chi connectivity index (χ4n) is 2.23. The van der Waals surface area contributed by atoms with E-state index in [9.17, 15) is 0 Å². The van der Waals surface area contributed by atoms with E-state index in [-0.39, 0.29) is 0 Å². The van der Waals surface area contributed by atoms with Crippen molar-refractivity contribution in [1.82, 2.24) is 0 Å². The lowest BCUT2D eigenvalue weighted by molar-refractivity contribution is 0.700. The van der Waals surface area contributed by atoms with Gasteiger partial charge in [-0.15, -0.1) is 0 Å². The average molecular weight is 188 g/mol. The Hall–Kier alpha value is -0.780. The molecule has 0 aromatic heterocycles. The lowest BCUT2D eigenvalue weighted by Gasteiger charge is -2.12. The molecule has 0 heteroatoms. The molecule has 0 radical (unpaired) electrons. The number of rotatable bonds is 2. The summed E-state index contributed by atoms with van der Waals surface area (Å²) in [7, 11) is 0. The van der Waals surface area contributed by atoms with E-state index < -0.39 is 0 Å². The van der Waals surface area contributed by atoms with Crippen molar-refractivity contribution < 1.29 is 0 Å². The molecule has 2 rings (SSSR count). The highest BCUT2D eigenvalue weighted by molar-refractivity contribution is 5.35. The first-order chi connectivity index (χ1) is 6.54. The van der Waals surface area contributed by atoms with Gasteiger partial charge in [0, 0.05) is 0 Å². The molecule has 2 atom stereocenters. The minimum Gasteiger partial charge on any atom is -0.0616 e. The zero-order valence-electron chi connectivity index (χ0n) is 9.67. The SMILES string of the molecule is CC(C)c1ccc(C2(C)CC2C)cc1. The summed E-state index contributed by atoms with van der Waals surface area (Å²) in [5.41, 5.74) is 3.45. The molecule has 0 nitrogen and oxygen atoms in total. The van der Waals surface area contributed by atoms with Crippen molar-refractivity contribution in [3.63, 3.8) is 0 Å². The second-order valence-corrected chi connectivity index (χ2v) is 5.30. The minimum absolute atomic E-state index is 0.482. The first kappa shape index (κ1) is 9.76. The molecule has 0 saturated heterocycles. The Balaban J connectivity index is 2.23. The van der Waals surface area contributed by atoms with Gasteiger partial charge in [-0.05, 0) is 34.8 Å².